The van der Waals surface area contributed by atoms with Crippen LogP contribution >= 0.6 is 0 Å². The number of hydrazone groups is 1. The molecule has 0 bridgehead atoms. The summed E-state index contributed by atoms with van der Waals surface area (Å²) in [6.07, 6.45) is 6.65. The third-order valence-electron chi connectivity index (χ3n) is 5.46. The van der Waals surface area contributed by atoms with Gasteiger partial charge in [0.05, 0.1) is 5.57 Å². The number of rotatable bonds is 5. The first-order chi connectivity index (χ1) is 12.5. The fourth-order valence-corrected chi connectivity index (χ4v) is 4.14. The molecule has 1 aliphatic carbocycles. The van der Waals surface area contributed by atoms with Crippen LogP contribution in [0.4, 0.5) is 10.1 Å². The molecular weight excluding hydrogens is 329 g/mol. The SMILES string of the molecule is CC1=NN(C)C(F)=C(C(=O)Nc2ccccc2C(C)CC2CCCC2)C1. The highest BCUT2D eigenvalue weighted by molar-refractivity contribution is 6.08. The van der Waals surface area contributed by atoms with Crippen molar-refractivity contribution in [3.63, 3.8) is 0 Å². The van der Waals surface area contributed by atoms with Gasteiger partial charge in [0.1, 0.15) is 0 Å². The lowest BCUT2D eigenvalue weighted by Gasteiger charge is -2.23. The molecule has 140 valence electrons. The number of hydrogen-bond donors (Lipinski definition) is 1. The van der Waals surface area contributed by atoms with Crippen molar-refractivity contribution in [3.05, 3.63) is 41.4 Å². The quantitative estimate of drug-likeness (QED) is 0.736. The standard InChI is InChI=1S/C21H28FN3O/c1-14(12-16-8-4-5-9-16)17-10-6-7-11-19(17)23-21(26)18-13-15(2)24-25(3)20(18)22/h6-7,10-11,14,16H,4-5,8-9,12-13H2,1-3H3,(H,23,26). The maximum absolute atomic E-state index is 14.3. The summed E-state index contributed by atoms with van der Waals surface area (Å²) in [6, 6.07) is 7.89. The summed E-state index contributed by atoms with van der Waals surface area (Å²) < 4.78 is 14.3. The number of nitrogens with zero attached hydrogens (tertiary/aromatic N) is 2. The third kappa shape index (κ3) is 4.14. The van der Waals surface area contributed by atoms with Gasteiger partial charge in [0.25, 0.3) is 5.91 Å². The van der Waals surface area contributed by atoms with Crippen molar-refractivity contribution < 1.29 is 9.18 Å². The Bertz CT molecular complexity index is 735. The van der Waals surface area contributed by atoms with Gasteiger partial charge in [-0.2, -0.15) is 9.49 Å². The van der Waals surface area contributed by atoms with Crippen molar-refractivity contribution >= 4 is 17.3 Å². The molecule has 1 atom stereocenters. The van der Waals surface area contributed by atoms with Gasteiger partial charge < -0.3 is 5.32 Å². The molecule has 0 saturated heterocycles. The van der Waals surface area contributed by atoms with E-state index >= 15 is 0 Å². The normalized spacial score (nSPS) is 19.5. The van der Waals surface area contributed by atoms with Crippen molar-refractivity contribution in [3.8, 4) is 0 Å². The van der Waals surface area contributed by atoms with Crippen LogP contribution in [0.15, 0.2) is 40.9 Å². The molecule has 1 aromatic rings. The van der Waals surface area contributed by atoms with E-state index in [0.717, 1.165) is 34.3 Å². The molecule has 1 unspecified atom stereocenters. The van der Waals surface area contributed by atoms with E-state index in [9.17, 15) is 9.18 Å². The van der Waals surface area contributed by atoms with Crippen LogP contribution in [0.5, 0.6) is 0 Å². The predicted octanol–water partition coefficient (Wildman–Crippen LogP) is 5.20. The number of anilines is 1. The van der Waals surface area contributed by atoms with E-state index in [1.807, 2.05) is 18.2 Å². The maximum atomic E-state index is 14.3. The molecular formula is C21H28FN3O. The van der Waals surface area contributed by atoms with Crippen molar-refractivity contribution in [2.24, 2.45) is 11.0 Å². The number of hydrogen-bond acceptors (Lipinski definition) is 3. The Balaban J connectivity index is 1.75. The third-order valence-corrected chi connectivity index (χ3v) is 5.46. The summed E-state index contributed by atoms with van der Waals surface area (Å²) in [6.45, 7) is 4.02. The molecule has 4 nitrogen and oxygen atoms in total. The molecule has 0 aromatic heterocycles. The largest absolute Gasteiger partial charge is 0.322 e. The van der Waals surface area contributed by atoms with Gasteiger partial charge in [0.15, 0.2) is 0 Å². The van der Waals surface area contributed by atoms with Gasteiger partial charge in [-0.05, 0) is 36.8 Å². The van der Waals surface area contributed by atoms with Crippen molar-refractivity contribution in [1.82, 2.24) is 5.01 Å². The van der Waals surface area contributed by atoms with Crippen LogP contribution in [-0.4, -0.2) is 23.7 Å². The molecule has 1 aromatic carbocycles. The lowest BCUT2D eigenvalue weighted by molar-refractivity contribution is -0.113. The summed E-state index contributed by atoms with van der Waals surface area (Å²) >= 11 is 0. The van der Waals surface area contributed by atoms with E-state index in [1.54, 1.807) is 6.92 Å². The monoisotopic (exact) mass is 357 g/mol. The van der Waals surface area contributed by atoms with Gasteiger partial charge in [0, 0.05) is 24.9 Å². The molecule has 0 radical (unpaired) electrons. The molecule has 1 saturated carbocycles. The first-order valence-corrected chi connectivity index (χ1v) is 9.52. The van der Waals surface area contributed by atoms with Gasteiger partial charge in [-0.3, -0.25) is 4.79 Å². The average molecular weight is 357 g/mol. The molecule has 1 N–H and O–H groups in total. The molecule has 5 heteroatoms. The minimum atomic E-state index is -0.579. The Morgan fingerprint density at radius 1 is 1.35 bits per heavy atom. The Kier molecular flexibility index (Phi) is 5.74. The first kappa shape index (κ1) is 18.6. The van der Waals surface area contributed by atoms with Crippen molar-refractivity contribution in [2.45, 2.75) is 58.3 Å². The fourth-order valence-electron chi connectivity index (χ4n) is 4.14. The van der Waals surface area contributed by atoms with Gasteiger partial charge in [-0.25, -0.2) is 5.01 Å². The van der Waals surface area contributed by atoms with Crippen LogP contribution < -0.4 is 5.32 Å². The maximum Gasteiger partial charge on any atom is 0.256 e. The fraction of sp³-hybridized carbons (Fsp3) is 0.524. The number of carbonyl (C=O) groups excluding carboxylic acids is 1. The molecule has 0 spiro atoms. The zero-order valence-electron chi connectivity index (χ0n) is 15.9. The number of para-hydroxylation sites is 1. The highest BCUT2D eigenvalue weighted by Gasteiger charge is 2.25. The Hall–Kier alpha value is -2.17. The Morgan fingerprint density at radius 3 is 2.77 bits per heavy atom. The summed E-state index contributed by atoms with van der Waals surface area (Å²) in [5.41, 5.74) is 2.77. The second-order valence-corrected chi connectivity index (χ2v) is 7.63. The molecule has 1 amide bonds. The van der Waals surface area contributed by atoms with Gasteiger partial charge in [-0.1, -0.05) is 50.8 Å². The molecule has 1 aliphatic heterocycles. The van der Waals surface area contributed by atoms with Crippen LogP contribution in [0.1, 0.15) is 63.9 Å². The highest BCUT2D eigenvalue weighted by Crippen LogP contribution is 2.36. The van der Waals surface area contributed by atoms with Gasteiger partial charge >= 0.3 is 0 Å². The van der Waals surface area contributed by atoms with Crippen LogP contribution in [-0.2, 0) is 4.79 Å². The number of halogens is 1. The summed E-state index contributed by atoms with van der Waals surface area (Å²) in [5.74, 6) is 0.180. The smallest absolute Gasteiger partial charge is 0.256 e. The summed E-state index contributed by atoms with van der Waals surface area (Å²) in [4.78, 5) is 12.7. The van der Waals surface area contributed by atoms with Crippen LogP contribution in [0.3, 0.4) is 0 Å². The van der Waals surface area contributed by atoms with Crippen LogP contribution in [0.2, 0.25) is 0 Å². The van der Waals surface area contributed by atoms with E-state index in [4.69, 9.17) is 0 Å². The Morgan fingerprint density at radius 2 is 2.04 bits per heavy atom. The summed E-state index contributed by atoms with van der Waals surface area (Å²) in [5, 5.41) is 8.11. The molecule has 1 fully saturated rings. The Labute approximate surface area is 155 Å². The minimum absolute atomic E-state index is 0.137. The van der Waals surface area contributed by atoms with E-state index in [-0.39, 0.29) is 17.9 Å². The van der Waals surface area contributed by atoms with Gasteiger partial charge in [-0.15, -0.1) is 0 Å². The van der Waals surface area contributed by atoms with Crippen molar-refractivity contribution in [1.29, 1.82) is 0 Å². The zero-order chi connectivity index (χ0) is 18.7. The lowest BCUT2D eigenvalue weighted by Crippen LogP contribution is -2.26. The second-order valence-electron chi connectivity index (χ2n) is 7.63. The first-order valence-electron chi connectivity index (χ1n) is 9.52. The average Bonchev–Trinajstić information content (AvgIpc) is 3.11. The van der Waals surface area contributed by atoms with Crippen molar-refractivity contribution in [2.75, 3.05) is 12.4 Å². The lowest BCUT2D eigenvalue weighted by atomic mass is 9.88. The molecule has 3 rings (SSSR count). The molecule has 2 aliphatic rings. The second kappa shape index (κ2) is 8.02. The number of amides is 1. The number of nitrogens with one attached hydrogen (secondary N) is 1. The van der Waals surface area contributed by atoms with Crippen LogP contribution in [0, 0.1) is 5.92 Å². The van der Waals surface area contributed by atoms with E-state index in [0.29, 0.717) is 5.92 Å². The molecule has 26 heavy (non-hydrogen) atoms. The summed E-state index contributed by atoms with van der Waals surface area (Å²) in [7, 11) is 1.52. The highest BCUT2D eigenvalue weighted by atomic mass is 19.1. The number of carbonyl (C=O) groups is 1. The van der Waals surface area contributed by atoms with E-state index < -0.39 is 5.95 Å². The minimum Gasteiger partial charge on any atom is -0.322 e. The van der Waals surface area contributed by atoms with Crippen LogP contribution in [0.25, 0.3) is 0 Å². The van der Waals surface area contributed by atoms with E-state index in [2.05, 4.69) is 23.4 Å². The molecule has 1 heterocycles. The topological polar surface area (TPSA) is 44.7 Å². The predicted molar refractivity (Wildman–Crippen MR) is 104 cm³/mol. The van der Waals surface area contributed by atoms with E-state index in [1.165, 1.54) is 32.7 Å². The zero-order valence-corrected chi connectivity index (χ0v) is 15.9. The number of benzene rings is 1. The van der Waals surface area contributed by atoms with Gasteiger partial charge in [0.2, 0.25) is 5.95 Å².